The number of likely N-dealkylation sites (N-methyl/N-ethyl adjacent to an activating group) is 1. The second kappa shape index (κ2) is 25.1. The lowest BCUT2D eigenvalue weighted by atomic mass is 9.94. The molecule has 0 aliphatic carbocycles. The van der Waals surface area contributed by atoms with Gasteiger partial charge in [-0.05, 0) is 75.5 Å². The zero-order chi connectivity index (χ0) is 49.6. The maximum Gasteiger partial charge on any atom is 0.264 e. The molecule has 2 aromatic heterocycles. The highest BCUT2D eigenvalue weighted by Gasteiger charge is 2.45. The van der Waals surface area contributed by atoms with Crippen LogP contribution in [0, 0.1) is 0 Å². The Hall–Kier alpha value is -5.44. The van der Waals surface area contributed by atoms with Crippen molar-refractivity contribution in [2.24, 2.45) is 0 Å². The van der Waals surface area contributed by atoms with Crippen molar-refractivity contribution in [1.29, 1.82) is 0 Å². The van der Waals surface area contributed by atoms with Crippen molar-refractivity contribution in [3.05, 3.63) is 101 Å². The van der Waals surface area contributed by atoms with Gasteiger partial charge in [0.2, 0.25) is 11.8 Å². The molecule has 4 aromatic rings. The summed E-state index contributed by atoms with van der Waals surface area (Å²) in [5, 5.41) is 10.2. The summed E-state index contributed by atoms with van der Waals surface area (Å²) in [6.45, 7) is 15.9. The maximum absolute atomic E-state index is 13.5. The number of rotatable bonds is 26. The van der Waals surface area contributed by atoms with Crippen molar-refractivity contribution in [2.45, 2.75) is 93.2 Å². The molecule has 4 amide bonds. The van der Waals surface area contributed by atoms with E-state index in [9.17, 15) is 24.0 Å². The Bertz CT molecular complexity index is 2450. The second-order valence-electron chi connectivity index (χ2n) is 18.8. The first kappa shape index (κ1) is 52.4. The minimum Gasteiger partial charge on any atom is -0.444 e. The van der Waals surface area contributed by atoms with Crippen LogP contribution in [0.1, 0.15) is 108 Å². The zero-order valence-electron chi connectivity index (χ0n) is 40.7. The van der Waals surface area contributed by atoms with Gasteiger partial charge in [0.1, 0.15) is 17.6 Å². The maximum atomic E-state index is 13.5. The fourth-order valence-corrected chi connectivity index (χ4v) is 10.2. The second-order valence-corrected chi connectivity index (χ2v) is 21.1. The minimum atomic E-state index is -0.860. The van der Waals surface area contributed by atoms with Crippen molar-refractivity contribution >= 4 is 63.3 Å². The number of oxazole rings is 1. The van der Waals surface area contributed by atoms with E-state index < -0.39 is 23.8 Å². The molecular formula is C51H66N8O9S2. The number of benzene rings is 2. The predicted octanol–water partition coefficient (Wildman–Crippen LogP) is 6.81. The molecule has 3 aliphatic rings. The number of thioether (sulfide) groups is 1. The summed E-state index contributed by atoms with van der Waals surface area (Å²) in [6.07, 6.45) is 7.95. The van der Waals surface area contributed by atoms with Crippen LogP contribution >= 0.6 is 23.1 Å². The van der Waals surface area contributed by atoms with Crippen LogP contribution in [0.4, 0.5) is 10.8 Å². The van der Waals surface area contributed by atoms with Crippen molar-refractivity contribution in [3.8, 4) is 0 Å². The number of nitrogens with one attached hydrogen (secondary N) is 3. The molecule has 5 heterocycles. The Balaban J connectivity index is 0.688. The molecule has 2 saturated heterocycles. The average molecular weight is 999 g/mol. The first-order valence-electron chi connectivity index (χ1n) is 24.1. The molecule has 19 heteroatoms. The molecule has 70 heavy (non-hydrogen) atoms. The molecule has 7 rings (SSSR count). The molecule has 0 spiro atoms. The fourth-order valence-electron chi connectivity index (χ4n) is 8.39. The van der Waals surface area contributed by atoms with Crippen molar-refractivity contribution in [3.63, 3.8) is 0 Å². The van der Waals surface area contributed by atoms with Crippen molar-refractivity contribution < 1.29 is 42.6 Å². The normalized spacial score (nSPS) is 17.3. The Labute approximate surface area is 418 Å². The molecule has 0 bridgehead atoms. The predicted molar refractivity (Wildman–Crippen MR) is 270 cm³/mol. The van der Waals surface area contributed by atoms with Gasteiger partial charge in [0, 0.05) is 67.4 Å². The van der Waals surface area contributed by atoms with Gasteiger partial charge in [-0.3, -0.25) is 28.9 Å². The van der Waals surface area contributed by atoms with Gasteiger partial charge >= 0.3 is 0 Å². The van der Waals surface area contributed by atoms with E-state index in [2.05, 4.69) is 58.2 Å². The largest absolute Gasteiger partial charge is 0.444 e. The minimum absolute atomic E-state index is 0.00409. The molecule has 17 nitrogen and oxygen atoms in total. The number of thiazole rings is 1. The third-order valence-corrected chi connectivity index (χ3v) is 14.4. The van der Waals surface area contributed by atoms with E-state index in [1.807, 2.05) is 42.4 Å². The quantitative estimate of drug-likeness (QED) is 0.0337. The number of ether oxygens (including phenoxy) is 3. The molecule has 1 unspecified atom stereocenters. The number of fused-ring (bicyclic) bond motifs is 1. The molecular weight excluding hydrogens is 933 g/mol. The van der Waals surface area contributed by atoms with Gasteiger partial charge in [-0.15, -0.1) is 11.8 Å². The SMILES string of the molecule is C=C1CCC(N2C(=O)c3cccc(NCCOCCOCCOCCN(C)CCCC(=O)Cc4ccc(C(=O)N5CCC[C@@H](Nc6ncc(SCc7ncc(C(C)(C)C)o7)s6)C5)cc4)c3C2=O)C(=O)N1. The summed E-state index contributed by atoms with van der Waals surface area (Å²) in [6, 6.07) is 11.7. The summed E-state index contributed by atoms with van der Waals surface area (Å²) in [7, 11) is 2.01. The van der Waals surface area contributed by atoms with Crippen molar-refractivity contribution in [1.82, 2.24) is 30.0 Å². The van der Waals surface area contributed by atoms with Crippen molar-refractivity contribution in [2.75, 3.05) is 90.0 Å². The topological polar surface area (TPSA) is 198 Å². The van der Waals surface area contributed by atoms with Crippen LogP contribution < -0.4 is 16.0 Å². The van der Waals surface area contributed by atoms with E-state index in [0.29, 0.717) is 114 Å². The average Bonchev–Trinajstić information content (AvgIpc) is 4.07. The highest BCUT2D eigenvalue weighted by Crippen LogP contribution is 2.34. The zero-order valence-corrected chi connectivity index (χ0v) is 42.4. The lowest BCUT2D eigenvalue weighted by Gasteiger charge is -2.33. The van der Waals surface area contributed by atoms with E-state index in [0.717, 1.165) is 57.9 Å². The number of ketones is 1. The molecule has 3 aliphatic heterocycles. The van der Waals surface area contributed by atoms with E-state index in [-0.39, 0.29) is 34.3 Å². The number of piperidine rings is 2. The van der Waals surface area contributed by atoms with Crippen LogP contribution in [0.2, 0.25) is 0 Å². The third kappa shape index (κ3) is 14.6. The van der Waals surface area contributed by atoms with Gasteiger partial charge in [0.15, 0.2) is 5.13 Å². The van der Waals surface area contributed by atoms with Crippen LogP contribution in [0.5, 0.6) is 0 Å². The number of amides is 4. The summed E-state index contributed by atoms with van der Waals surface area (Å²) in [5.74, 6) is 1.03. The van der Waals surface area contributed by atoms with Gasteiger partial charge < -0.3 is 44.4 Å². The monoisotopic (exact) mass is 998 g/mol. The third-order valence-electron chi connectivity index (χ3n) is 12.3. The van der Waals surface area contributed by atoms with E-state index in [1.54, 1.807) is 47.5 Å². The van der Waals surface area contributed by atoms with Gasteiger partial charge in [-0.2, -0.15) is 0 Å². The molecule has 2 aromatic carbocycles. The number of carbonyl (C=O) groups excluding carboxylic acids is 5. The summed E-state index contributed by atoms with van der Waals surface area (Å²) >= 11 is 3.25. The van der Waals surface area contributed by atoms with E-state index in [4.69, 9.17) is 18.6 Å². The van der Waals surface area contributed by atoms with Crippen LogP contribution in [-0.2, 0) is 41.4 Å². The van der Waals surface area contributed by atoms with E-state index >= 15 is 0 Å². The Kier molecular flexibility index (Phi) is 18.8. The first-order valence-corrected chi connectivity index (χ1v) is 25.9. The number of imide groups is 1. The van der Waals surface area contributed by atoms with Crippen LogP contribution in [-0.4, -0.2) is 146 Å². The standard InChI is InChI=1S/C51H66N8O9S2/c1-34-13-18-41(46(61)55-34)59-48(63)39-11-6-12-40(45(39)49(59)64)52-19-23-65-25-27-67-28-26-66-24-22-57(5)20-8-10-38(60)29-35-14-16-36(17-15-35)47(62)58-21-7-9-37(32-58)56-50-54-31-44(70-50)69-33-43-53-30-42(68-43)51(2,3)4/h6,11-12,14-17,30-31,37,41,52H,1,7-10,13,18-29,32-33H2,2-5H3,(H,54,56)(H,55,61)/t37-,41?/m1/s1. The smallest absolute Gasteiger partial charge is 0.264 e. The van der Waals surface area contributed by atoms with Gasteiger partial charge in [-0.1, -0.05) is 56.9 Å². The molecule has 2 fully saturated rings. The number of allylic oxidation sites excluding steroid dienone is 1. The Morgan fingerprint density at radius 1 is 0.957 bits per heavy atom. The fraction of sp³-hybridized carbons (Fsp3) is 0.510. The van der Waals surface area contributed by atoms with Crippen LogP contribution in [0.15, 0.2) is 75.8 Å². The Morgan fingerprint density at radius 2 is 1.71 bits per heavy atom. The summed E-state index contributed by atoms with van der Waals surface area (Å²) in [4.78, 5) is 79.4. The van der Waals surface area contributed by atoms with Crippen LogP contribution in [0.25, 0.3) is 0 Å². The van der Waals surface area contributed by atoms with Gasteiger partial charge in [0.05, 0.1) is 73.1 Å². The van der Waals surface area contributed by atoms with Gasteiger partial charge in [0.25, 0.3) is 17.7 Å². The first-order chi connectivity index (χ1) is 33.7. The molecule has 0 radical (unpaired) electrons. The number of carbonyl (C=O) groups is 5. The molecule has 0 saturated carbocycles. The number of hydrogen-bond acceptors (Lipinski definition) is 16. The molecule has 376 valence electrons. The highest BCUT2D eigenvalue weighted by molar-refractivity contribution is 8.00. The summed E-state index contributed by atoms with van der Waals surface area (Å²) < 4.78 is 24.0. The summed E-state index contributed by atoms with van der Waals surface area (Å²) in [5.41, 5.74) is 3.09. The molecule has 3 N–H and O–H groups in total. The number of likely N-dealkylation sites (tertiary alicyclic amines) is 1. The highest BCUT2D eigenvalue weighted by atomic mass is 32.2. The number of Topliss-reactive ketones (excluding diaryl/α,β-unsaturated/α-hetero) is 1. The lowest BCUT2D eigenvalue weighted by molar-refractivity contribution is -0.125. The number of nitrogens with zero attached hydrogens (tertiary/aromatic N) is 5. The number of hydrogen-bond donors (Lipinski definition) is 3. The van der Waals surface area contributed by atoms with E-state index in [1.165, 1.54) is 0 Å². The van der Waals surface area contributed by atoms with Gasteiger partial charge in [-0.25, -0.2) is 9.97 Å². The van der Waals surface area contributed by atoms with Crippen LogP contribution in [0.3, 0.4) is 0 Å². The lowest BCUT2D eigenvalue weighted by Crippen LogP contribution is -2.51. The number of aromatic nitrogens is 2. The number of anilines is 2. The molecule has 2 atom stereocenters. The Morgan fingerprint density at radius 3 is 2.46 bits per heavy atom.